The number of piperazine rings is 1. The molecule has 0 aromatic heterocycles. The average molecular weight is 385 g/mol. The summed E-state index contributed by atoms with van der Waals surface area (Å²) < 4.78 is 11.2. The highest BCUT2D eigenvalue weighted by molar-refractivity contribution is 9.10. The van der Waals surface area contributed by atoms with Gasteiger partial charge in [0.25, 0.3) is 5.91 Å². The lowest BCUT2D eigenvalue weighted by molar-refractivity contribution is 0.0193. The van der Waals surface area contributed by atoms with Crippen LogP contribution in [0.15, 0.2) is 22.7 Å². The van der Waals surface area contributed by atoms with Gasteiger partial charge in [-0.05, 0) is 48.0 Å². The van der Waals surface area contributed by atoms with Gasteiger partial charge >= 0.3 is 0 Å². The summed E-state index contributed by atoms with van der Waals surface area (Å²) in [6, 6.07) is 6.10. The van der Waals surface area contributed by atoms with E-state index in [1.54, 1.807) is 14.2 Å². The number of amides is 1. The normalized spacial score (nSPS) is 22.2. The summed E-state index contributed by atoms with van der Waals surface area (Å²) >= 11 is 3.44. The monoisotopic (exact) mass is 384 g/mol. The van der Waals surface area contributed by atoms with Crippen molar-refractivity contribution < 1.29 is 14.3 Å². The van der Waals surface area contributed by atoms with Gasteiger partial charge in [0.2, 0.25) is 0 Å². The Kier molecular flexibility index (Phi) is 6.44. The summed E-state index contributed by atoms with van der Waals surface area (Å²) in [5.41, 5.74) is 0.683. The fourth-order valence-electron chi connectivity index (χ4n) is 3.14. The lowest BCUT2D eigenvalue weighted by atomic mass is 10.1. The van der Waals surface area contributed by atoms with Crippen LogP contribution in [-0.4, -0.2) is 68.3 Å². The molecule has 0 aliphatic carbocycles. The maximum absolute atomic E-state index is 12.8. The molecule has 1 aliphatic rings. The zero-order chi connectivity index (χ0) is 17.0. The van der Waals surface area contributed by atoms with E-state index in [1.165, 1.54) is 0 Å². The molecule has 1 fully saturated rings. The van der Waals surface area contributed by atoms with E-state index < -0.39 is 0 Å². The summed E-state index contributed by atoms with van der Waals surface area (Å²) in [6.45, 7) is 7.40. The summed E-state index contributed by atoms with van der Waals surface area (Å²) in [5.74, 6) is 0.797. The second-order valence-electron chi connectivity index (χ2n) is 5.99. The highest BCUT2D eigenvalue weighted by atomic mass is 79.9. The number of nitrogens with zero attached hydrogens (tertiary/aromatic N) is 2. The number of carbonyl (C=O) groups is 1. The molecule has 0 radical (unpaired) electrons. The number of hydrogen-bond donors (Lipinski definition) is 0. The fourth-order valence-corrected chi connectivity index (χ4v) is 3.68. The van der Waals surface area contributed by atoms with Crippen LogP contribution in [0.2, 0.25) is 0 Å². The number of ether oxygens (including phenoxy) is 2. The highest BCUT2D eigenvalue weighted by Gasteiger charge is 2.31. The maximum atomic E-state index is 12.8. The lowest BCUT2D eigenvalue weighted by Gasteiger charge is -2.44. The van der Waals surface area contributed by atoms with E-state index in [2.05, 4.69) is 34.7 Å². The molecule has 1 saturated heterocycles. The minimum absolute atomic E-state index is 0.0680. The molecule has 1 heterocycles. The first kappa shape index (κ1) is 18.2. The molecule has 23 heavy (non-hydrogen) atoms. The van der Waals surface area contributed by atoms with E-state index >= 15 is 0 Å². The summed E-state index contributed by atoms with van der Waals surface area (Å²) in [4.78, 5) is 17.1. The van der Waals surface area contributed by atoms with Crippen LogP contribution in [0.3, 0.4) is 0 Å². The SMILES string of the molecule is COCCN1C(C)CN(C(=O)c2ccc(OC)c(Br)c2)CC1C. The Bertz CT molecular complexity index is 541. The van der Waals surface area contributed by atoms with Crippen LogP contribution in [0.4, 0.5) is 0 Å². The smallest absolute Gasteiger partial charge is 0.254 e. The molecule has 1 aromatic rings. The van der Waals surface area contributed by atoms with E-state index in [1.807, 2.05) is 23.1 Å². The van der Waals surface area contributed by atoms with Gasteiger partial charge in [-0.1, -0.05) is 0 Å². The van der Waals surface area contributed by atoms with Gasteiger partial charge in [-0.25, -0.2) is 0 Å². The van der Waals surface area contributed by atoms with Crippen LogP contribution < -0.4 is 4.74 Å². The number of rotatable bonds is 5. The quantitative estimate of drug-likeness (QED) is 0.782. The molecule has 5 nitrogen and oxygen atoms in total. The molecular weight excluding hydrogens is 360 g/mol. The third-order valence-corrected chi connectivity index (χ3v) is 4.96. The predicted molar refractivity (Wildman–Crippen MR) is 94.1 cm³/mol. The molecule has 2 rings (SSSR count). The third kappa shape index (κ3) is 4.25. The molecule has 1 aromatic carbocycles. The molecule has 0 saturated carbocycles. The Morgan fingerprint density at radius 2 is 1.91 bits per heavy atom. The minimum Gasteiger partial charge on any atom is -0.496 e. The molecule has 0 bridgehead atoms. The number of carbonyl (C=O) groups excluding carboxylic acids is 1. The topological polar surface area (TPSA) is 42.0 Å². The molecule has 128 valence electrons. The molecule has 0 N–H and O–H groups in total. The van der Waals surface area contributed by atoms with Gasteiger partial charge in [-0.3, -0.25) is 9.69 Å². The fraction of sp³-hybridized carbons (Fsp3) is 0.588. The standard InChI is InChI=1S/C17H25BrN2O3/c1-12-10-19(11-13(2)20(12)7-8-22-3)17(21)14-5-6-16(23-4)15(18)9-14/h5-6,9,12-13H,7-8,10-11H2,1-4H3. The van der Waals surface area contributed by atoms with E-state index in [-0.39, 0.29) is 5.91 Å². The highest BCUT2D eigenvalue weighted by Crippen LogP contribution is 2.27. The molecule has 1 aliphatic heterocycles. The first-order chi connectivity index (χ1) is 11.0. The number of benzene rings is 1. The Labute approximate surface area is 146 Å². The zero-order valence-corrected chi connectivity index (χ0v) is 15.8. The van der Waals surface area contributed by atoms with Gasteiger partial charge in [0, 0.05) is 44.4 Å². The molecule has 2 atom stereocenters. The zero-order valence-electron chi connectivity index (χ0n) is 14.2. The number of hydrogen-bond acceptors (Lipinski definition) is 4. The number of halogens is 1. The first-order valence-electron chi connectivity index (χ1n) is 7.85. The summed E-state index contributed by atoms with van der Waals surface area (Å²) in [5, 5.41) is 0. The van der Waals surface area contributed by atoms with Crippen molar-refractivity contribution in [3.05, 3.63) is 28.2 Å². The Morgan fingerprint density at radius 3 is 2.43 bits per heavy atom. The largest absolute Gasteiger partial charge is 0.496 e. The van der Waals surface area contributed by atoms with Crippen LogP contribution in [-0.2, 0) is 4.74 Å². The van der Waals surface area contributed by atoms with Gasteiger partial charge in [-0.15, -0.1) is 0 Å². The van der Waals surface area contributed by atoms with Gasteiger partial charge in [0.15, 0.2) is 0 Å². The summed E-state index contributed by atoms with van der Waals surface area (Å²) in [7, 11) is 3.33. The van der Waals surface area contributed by atoms with Crippen molar-refractivity contribution in [2.24, 2.45) is 0 Å². The van der Waals surface area contributed by atoms with E-state index in [0.717, 1.165) is 29.9 Å². The van der Waals surface area contributed by atoms with E-state index in [0.29, 0.717) is 24.3 Å². The minimum atomic E-state index is 0.0680. The second-order valence-corrected chi connectivity index (χ2v) is 6.84. The molecule has 0 spiro atoms. The molecule has 1 amide bonds. The van der Waals surface area contributed by atoms with Crippen LogP contribution in [0.5, 0.6) is 5.75 Å². The second kappa shape index (κ2) is 8.13. The Balaban J connectivity index is 2.08. The summed E-state index contributed by atoms with van der Waals surface area (Å²) in [6.07, 6.45) is 0. The maximum Gasteiger partial charge on any atom is 0.254 e. The van der Waals surface area contributed by atoms with Crippen LogP contribution >= 0.6 is 15.9 Å². The first-order valence-corrected chi connectivity index (χ1v) is 8.64. The van der Waals surface area contributed by atoms with Crippen molar-refractivity contribution in [3.8, 4) is 5.75 Å². The van der Waals surface area contributed by atoms with Crippen molar-refractivity contribution in [3.63, 3.8) is 0 Å². The van der Waals surface area contributed by atoms with Gasteiger partial charge in [-0.2, -0.15) is 0 Å². The van der Waals surface area contributed by atoms with Gasteiger partial charge in [0.05, 0.1) is 18.2 Å². The van der Waals surface area contributed by atoms with Gasteiger partial charge in [0.1, 0.15) is 5.75 Å². The van der Waals surface area contributed by atoms with Crippen molar-refractivity contribution in [2.45, 2.75) is 25.9 Å². The molecule has 6 heteroatoms. The van der Waals surface area contributed by atoms with E-state index in [4.69, 9.17) is 9.47 Å². The van der Waals surface area contributed by atoms with Crippen molar-refractivity contribution in [1.29, 1.82) is 0 Å². The van der Waals surface area contributed by atoms with E-state index in [9.17, 15) is 4.79 Å². The lowest BCUT2D eigenvalue weighted by Crippen LogP contribution is -2.58. The average Bonchev–Trinajstić information content (AvgIpc) is 2.53. The van der Waals surface area contributed by atoms with Crippen LogP contribution in [0, 0.1) is 0 Å². The van der Waals surface area contributed by atoms with Crippen molar-refractivity contribution in [1.82, 2.24) is 9.80 Å². The molecule has 2 unspecified atom stereocenters. The van der Waals surface area contributed by atoms with Gasteiger partial charge < -0.3 is 14.4 Å². The van der Waals surface area contributed by atoms with Crippen LogP contribution in [0.25, 0.3) is 0 Å². The third-order valence-electron chi connectivity index (χ3n) is 4.34. The number of methoxy groups -OCH3 is 2. The van der Waals surface area contributed by atoms with Crippen molar-refractivity contribution >= 4 is 21.8 Å². The van der Waals surface area contributed by atoms with Crippen LogP contribution in [0.1, 0.15) is 24.2 Å². The predicted octanol–water partition coefficient (Wildman–Crippen LogP) is 2.64. The Morgan fingerprint density at radius 1 is 1.26 bits per heavy atom. The Hall–Kier alpha value is -1.11. The molecular formula is C17H25BrN2O3. The van der Waals surface area contributed by atoms with Crippen molar-refractivity contribution in [2.75, 3.05) is 40.5 Å².